The summed E-state index contributed by atoms with van der Waals surface area (Å²) in [5, 5.41) is 2.94. The van der Waals surface area contributed by atoms with Gasteiger partial charge in [0.1, 0.15) is 5.82 Å². The molecular formula is C24H24F3N7O. The second kappa shape index (κ2) is 8.90. The van der Waals surface area contributed by atoms with Gasteiger partial charge in [-0.05, 0) is 36.4 Å². The molecule has 35 heavy (non-hydrogen) atoms. The molecule has 182 valence electrons. The summed E-state index contributed by atoms with van der Waals surface area (Å²) < 4.78 is 43.9. The van der Waals surface area contributed by atoms with E-state index >= 15 is 0 Å². The maximum absolute atomic E-state index is 12.8. The molecule has 0 aliphatic carbocycles. The van der Waals surface area contributed by atoms with Crippen molar-refractivity contribution in [2.45, 2.75) is 32.4 Å². The van der Waals surface area contributed by atoms with Crippen molar-refractivity contribution in [2.24, 2.45) is 0 Å². The number of hydrogen-bond acceptors (Lipinski definition) is 7. The van der Waals surface area contributed by atoms with Crippen molar-refractivity contribution in [3.8, 4) is 28.4 Å². The standard InChI is InChI=1S/C24H24F3N7O/c1-23(2,3)21-33-18(13-11-17(35-4)20(28)30-12-13)19(34-21)16-9-10-29-22(32-16)31-15-7-5-14(6-8-15)24(25,26)27/h5-12H,1-4H3,(H2,28,30)(H,33,34)(H,29,31,32). The lowest BCUT2D eigenvalue weighted by atomic mass is 9.96. The van der Waals surface area contributed by atoms with Crippen molar-refractivity contribution in [1.29, 1.82) is 0 Å². The van der Waals surface area contributed by atoms with Gasteiger partial charge < -0.3 is 20.8 Å². The van der Waals surface area contributed by atoms with E-state index in [9.17, 15) is 13.2 Å². The van der Waals surface area contributed by atoms with Gasteiger partial charge in [-0.25, -0.2) is 19.9 Å². The van der Waals surface area contributed by atoms with Crippen LogP contribution in [0.1, 0.15) is 32.2 Å². The highest BCUT2D eigenvalue weighted by Gasteiger charge is 2.30. The number of alkyl halides is 3. The third-order valence-corrected chi connectivity index (χ3v) is 5.17. The van der Waals surface area contributed by atoms with Gasteiger partial charge in [0.05, 0.1) is 29.8 Å². The number of nitrogens with one attached hydrogen (secondary N) is 2. The molecule has 0 saturated carbocycles. The summed E-state index contributed by atoms with van der Waals surface area (Å²) in [5.74, 6) is 1.62. The van der Waals surface area contributed by atoms with Crippen molar-refractivity contribution in [2.75, 3.05) is 18.2 Å². The number of ether oxygens (including phenoxy) is 1. The molecule has 4 rings (SSSR count). The number of imidazole rings is 1. The van der Waals surface area contributed by atoms with Crippen LogP contribution in [-0.4, -0.2) is 32.0 Å². The zero-order valence-corrected chi connectivity index (χ0v) is 19.5. The lowest BCUT2D eigenvalue weighted by Gasteiger charge is -2.14. The van der Waals surface area contributed by atoms with Crippen molar-refractivity contribution in [3.63, 3.8) is 0 Å². The smallest absolute Gasteiger partial charge is 0.416 e. The van der Waals surface area contributed by atoms with E-state index in [0.29, 0.717) is 34.1 Å². The molecule has 4 aromatic rings. The third-order valence-electron chi connectivity index (χ3n) is 5.17. The van der Waals surface area contributed by atoms with Gasteiger partial charge in [-0.3, -0.25) is 0 Å². The van der Waals surface area contributed by atoms with E-state index < -0.39 is 11.7 Å². The van der Waals surface area contributed by atoms with Crippen molar-refractivity contribution in [1.82, 2.24) is 24.9 Å². The molecule has 0 amide bonds. The number of nitrogens with two attached hydrogens (primary N) is 1. The van der Waals surface area contributed by atoms with E-state index in [1.54, 1.807) is 24.5 Å². The van der Waals surface area contributed by atoms with Gasteiger partial charge in [-0.2, -0.15) is 13.2 Å². The Morgan fingerprint density at radius 1 is 1.00 bits per heavy atom. The van der Waals surface area contributed by atoms with Crippen LogP contribution in [0.4, 0.5) is 30.6 Å². The molecule has 0 saturated heterocycles. The van der Waals surface area contributed by atoms with Crippen LogP contribution in [0, 0.1) is 0 Å². The molecule has 0 aliphatic heterocycles. The molecule has 3 aromatic heterocycles. The predicted octanol–water partition coefficient (Wildman–Crippen LogP) is 5.58. The topological polar surface area (TPSA) is 115 Å². The Bertz CT molecular complexity index is 1340. The van der Waals surface area contributed by atoms with Gasteiger partial charge in [-0.1, -0.05) is 20.8 Å². The molecule has 0 aliphatic rings. The van der Waals surface area contributed by atoms with Gasteiger partial charge in [-0.15, -0.1) is 0 Å². The monoisotopic (exact) mass is 483 g/mol. The first-order valence-electron chi connectivity index (χ1n) is 10.6. The molecule has 0 spiro atoms. The number of rotatable bonds is 5. The van der Waals surface area contributed by atoms with Crippen LogP contribution >= 0.6 is 0 Å². The average Bonchev–Trinajstić information content (AvgIpc) is 3.26. The highest BCUT2D eigenvalue weighted by molar-refractivity contribution is 5.78. The first kappa shape index (κ1) is 24.0. The first-order valence-corrected chi connectivity index (χ1v) is 10.6. The summed E-state index contributed by atoms with van der Waals surface area (Å²) in [6, 6.07) is 8.10. The highest BCUT2D eigenvalue weighted by atomic mass is 19.4. The fourth-order valence-electron chi connectivity index (χ4n) is 3.30. The molecule has 0 bridgehead atoms. The quantitative estimate of drug-likeness (QED) is 0.339. The normalized spacial score (nSPS) is 12.0. The van der Waals surface area contributed by atoms with Crippen LogP contribution in [0.3, 0.4) is 0 Å². The number of hydrogen-bond donors (Lipinski definition) is 3. The fraction of sp³-hybridized carbons (Fsp3) is 0.250. The number of aromatic nitrogens is 5. The summed E-state index contributed by atoms with van der Waals surface area (Å²) in [4.78, 5) is 21.1. The van der Waals surface area contributed by atoms with Crippen LogP contribution in [0.5, 0.6) is 5.75 Å². The maximum Gasteiger partial charge on any atom is 0.416 e. The number of aromatic amines is 1. The second-order valence-electron chi connectivity index (χ2n) is 8.84. The van der Waals surface area contributed by atoms with Crippen LogP contribution < -0.4 is 15.8 Å². The van der Waals surface area contributed by atoms with Crippen molar-refractivity contribution < 1.29 is 17.9 Å². The number of H-pyrrole nitrogens is 1. The number of methoxy groups -OCH3 is 1. The van der Waals surface area contributed by atoms with E-state index in [1.165, 1.54) is 19.2 Å². The molecule has 0 unspecified atom stereocenters. The molecule has 3 heterocycles. The summed E-state index contributed by atoms with van der Waals surface area (Å²) in [7, 11) is 1.51. The number of halogens is 3. The number of benzene rings is 1. The molecule has 4 N–H and O–H groups in total. The van der Waals surface area contributed by atoms with Gasteiger partial charge in [0, 0.05) is 29.1 Å². The summed E-state index contributed by atoms with van der Waals surface area (Å²) >= 11 is 0. The maximum atomic E-state index is 12.8. The Kier molecular flexibility index (Phi) is 6.10. The summed E-state index contributed by atoms with van der Waals surface area (Å²) in [6.45, 7) is 6.08. The zero-order valence-electron chi connectivity index (χ0n) is 19.5. The minimum Gasteiger partial charge on any atom is -0.493 e. The second-order valence-corrected chi connectivity index (χ2v) is 8.84. The minimum absolute atomic E-state index is 0.216. The van der Waals surface area contributed by atoms with E-state index in [2.05, 4.69) is 25.3 Å². The lowest BCUT2D eigenvalue weighted by molar-refractivity contribution is -0.137. The Morgan fingerprint density at radius 3 is 2.34 bits per heavy atom. The molecule has 1 aromatic carbocycles. The number of nitrogens with zero attached hydrogens (tertiary/aromatic N) is 4. The lowest BCUT2D eigenvalue weighted by Crippen LogP contribution is -2.13. The Morgan fingerprint density at radius 2 is 1.71 bits per heavy atom. The van der Waals surface area contributed by atoms with E-state index in [1.807, 2.05) is 20.8 Å². The molecule has 8 nitrogen and oxygen atoms in total. The Hall–Kier alpha value is -4.15. The SMILES string of the molecule is COc1cc(-c2nc(C(C)(C)C)[nH]c2-c2ccnc(Nc3ccc(C(F)(F)F)cc3)n2)cnc1N. The van der Waals surface area contributed by atoms with Crippen LogP contribution in [0.25, 0.3) is 22.6 Å². The van der Waals surface area contributed by atoms with Gasteiger partial charge in [0.15, 0.2) is 11.6 Å². The van der Waals surface area contributed by atoms with Crippen molar-refractivity contribution >= 4 is 17.5 Å². The fourth-order valence-corrected chi connectivity index (χ4v) is 3.30. The molecule has 11 heteroatoms. The summed E-state index contributed by atoms with van der Waals surface area (Å²) in [6.07, 6.45) is -1.25. The average molecular weight is 483 g/mol. The van der Waals surface area contributed by atoms with E-state index in [0.717, 1.165) is 18.0 Å². The Balaban J connectivity index is 1.73. The zero-order chi connectivity index (χ0) is 25.4. The van der Waals surface area contributed by atoms with Gasteiger partial charge in [0.2, 0.25) is 5.95 Å². The molecule has 0 atom stereocenters. The molecular weight excluding hydrogens is 459 g/mol. The number of nitrogen functional groups attached to an aromatic ring is 1. The molecule has 0 fully saturated rings. The van der Waals surface area contributed by atoms with Gasteiger partial charge >= 0.3 is 6.18 Å². The third kappa shape index (κ3) is 5.18. The number of pyridine rings is 1. The highest BCUT2D eigenvalue weighted by Crippen LogP contribution is 2.35. The largest absolute Gasteiger partial charge is 0.493 e. The first-order chi connectivity index (χ1) is 16.5. The van der Waals surface area contributed by atoms with Crippen LogP contribution in [0.2, 0.25) is 0 Å². The Labute approximate surface area is 199 Å². The van der Waals surface area contributed by atoms with Crippen LogP contribution in [-0.2, 0) is 11.6 Å². The predicted molar refractivity (Wildman–Crippen MR) is 127 cm³/mol. The van der Waals surface area contributed by atoms with Gasteiger partial charge in [0.25, 0.3) is 0 Å². The van der Waals surface area contributed by atoms with Crippen LogP contribution in [0.15, 0.2) is 48.8 Å². The molecule has 0 radical (unpaired) electrons. The van der Waals surface area contributed by atoms with E-state index in [4.69, 9.17) is 15.5 Å². The van der Waals surface area contributed by atoms with Crippen molar-refractivity contribution in [3.05, 3.63) is 60.2 Å². The number of anilines is 3. The van der Waals surface area contributed by atoms with E-state index in [-0.39, 0.29) is 17.2 Å². The minimum atomic E-state index is -4.41. The summed E-state index contributed by atoms with van der Waals surface area (Å²) in [5.41, 5.74) is 7.70.